The van der Waals surface area contributed by atoms with Crippen molar-refractivity contribution in [3.05, 3.63) is 93.8 Å². The molecule has 0 radical (unpaired) electrons. The van der Waals surface area contributed by atoms with Crippen molar-refractivity contribution in [3.63, 3.8) is 0 Å². The number of rotatable bonds is 8. The van der Waals surface area contributed by atoms with Crippen LogP contribution in [0.15, 0.2) is 60.7 Å². The number of halogens is 1. The first-order valence-electron chi connectivity index (χ1n) is 10.3. The van der Waals surface area contributed by atoms with Gasteiger partial charge in [-0.2, -0.15) is 5.10 Å². The Labute approximate surface area is 197 Å². The molecule has 0 aliphatic heterocycles. The van der Waals surface area contributed by atoms with Crippen LogP contribution in [0.5, 0.6) is 0 Å². The first kappa shape index (κ1) is 23.9. The van der Waals surface area contributed by atoms with Gasteiger partial charge in [0.05, 0.1) is 18.7 Å². The molecule has 1 aromatic heterocycles. The molecule has 33 heavy (non-hydrogen) atoms. The lowest BCUT2D eigenvalue weighted by molar-refractivity contribution is -0.145. The van der Waals surface area contributed by atoms with Crippen molar-refractivity contribution in [1.29, 1.82) is 0 Å². The number of aryl methyl sites for hydroxylation is 1. The SMILES string of the molecule is Cc1nn(Cc2ccccc2Cl)c(C)c1/C=C/C(=O)OCC(=O)NC(=O)Cc1ccccc1. The summed E-state index contributed by atoms with van der Waals surface area (Å²) in [6.07, 6.45) is 2.90. The zero-order valence-corrected chi connectivity index (χ0v) is 19.1. The third-order valence-electron chi connectivity index (χ3n) is 4.93. The maximum Gasteiger partial charge on any atom is 0.331 e. The van der Waals surface area contributed by atoms with Gasteiger partial charge in [-0.3, -0.25) is 19.6 Å². The molecule has 0 aliphatic rings. The predicted octanol–water partition coefficient (Wildman–Crippen LogP) is 3.64. The fraction of sp³-hybridized carbons (Fsp3) is 0.200. The van der Waals surface area contributed by atoms with Gasteiger partial charge in [0.1, 0.15) is 0 Å². The Morgan fingerprint density at radius 3 is 2.45 bits per heavy atom. The molecule has 170 valence electrons. The lowest BCUT2D eigenvalue weighted by Crippen LogP contribution is -2.35. The van der Waals surface area contributed by atoms with Crippen LogP contribution in [0.1, 0.15) is 28.1 Å². The van der Waals surface area contributed by atoms with Crippen LogP contribution in [0, 0.1) is 13.8 Å². The molecule has 3 rings (SSSR count). The highest BCUT2D eigenvalue weighted by Crippen LogP contribution is 2.20. The Morgan fingerprint density at radius 1 is 1.03 bits per heavy atom. The summed E-state index contributed by atoms with van der Waals surface area (Å²) in [4.78, 5) is 35.8. The van der Waals surface area contributed by atoms with Gasteiger partial charge in [0.25, 0.3) is 5.91 Å². The Morgan fingerprint density at radius 2 is 1.73 bits per heavy atom. The Kier molecular flexibility index (Phi) is 8.16. The van der Waals surface area contributed by atoms with E-state index in [9.17, 15) is 14.4 Å². The molecule has 0 aliphatic carbocycles. The van der Waals surface area contributed by atoms with Crippen LogP contribution in [-0.2, 0) is 32.1 Å². The fourth-order valence-corrected chi connectivity index (χ4v) is 3.44. The molecular weight excluding hydrogens is 442 g/mol. The van der Waals surface area contributed by atoms with E-state index in [1.807, 2.05) is 61.0 Å². The second-order valence-corrected chi connectivity index (χ2v) is 7.82. The molecule has 0 saturated heterocycles. The predicted molar refractivity (Wildman–Crippen MR) is 126 cm³/mol. The number of aromatic nitrogens is 2. The first-order chi connectivity index (χ1) is 15.8. The largest absolute Gasteiger partial charge is 0.452 e. The first-order valence-corrected chi connectivity index (χ1v) is 10.7. The topological polar surface area (TPSA) is 90.3 Å². The molecule has 8 heteroatoms. The highest BCUT2D eigenvalue weighted by molar-refractivity contribution is 6.31. The van der Waals surface area contributed by atoms with Crippen molar-refractivity contribution in [1.82, 2.24) is 15.1 Å². The highest BCUT2D eigenvalue weighted by Gasteiger charge is 2.13. The zero-order valence-electron chi connectivity index (χ0n) is 18.4. The molecule has 2 amide bonds. The summed E-state index contributed by atoms with van der Waals surface area (Å²) in [5, 5.41) is 7.38. The molecule has 2 aromatic carbocycles. The second-order valence-electron chi connectivity index (χ2n) is 7.41. The van der Waals surface area contributed by atoms with E-state index < -0.39 is 24.4 Å². The normalized spacial score (nSPS) is 10.9. The van der Waals surface area contributed by atoms with Crippen LogP contribution >= 0.6 is 11.6 Å². The average Bonchev–Trinajstić information content (AvgIpc) is 3.05. The molecule has 3 aromatic rings. The number of amides is 2. The van der Waals surface area contributed by atoms with Crippen molar-refractivity contribution in [3.8, 4) is 0 Å². The molecule has 0 unspecified atom stereocenters. The number of imide groups is 1. The molecular formula is C25H24ClN3O4. The van der Waals surface area contributed by atoms with Gasteiger partial charge in [-0.05, 0) is 37.1 Å². The molecule has 7 nitrogen and oxygen atoms in total. The second kappa shape index (κ2) is 11.2. The van der Waals surface area contributed by atoms with Gasteiger partial charge in [0.15, 0.2) is 6.61 Å². The zero-order chi connectivity index (χ0) is 23.8. The van der Waals surface area contributed by atoms with E-state index in [1.165, 1.54) is 6.08 Å². The lowest BCUT2D eigenvalue weighted by Gasteiger charge is -2.06. The summed E-state index contributed by atoms with van der Waals surface area (Å²) in [5.74, 6) is -1.84. The van der Waals surface area contributed by atoms with Crippen LogP contribution < -0.4 is 5.32 Å². The number of carbonyl (C=O) groups is 3. The lowest BCUT2D eigenvalue weighted by atomic mass is 10.1. The van der Waals surface area contributed by atoms with Gasteiger partial charge in [-0.25, -0.2) is 4.79 Å². The van der Waals surface area contributed by atoms with Crippen molar-refractivity contribution < 1.29 is 19.1 Å². The van der Waals surface area contributed by atoms with E-state index in [4.69, 9.17) is 16.3 Å². The third-order valence-corrected chi connectivity index (χ3v) is 5.30. The van der Waals surface area contributed by atoms with E-state index in [-0.39, 0.29) is 6.42 Å². The summed E-state index contributed by atoms with van der Waals surface area (Å²) < 4.78 is 6.75. The van der Waals surface area contributed by atoms with E-state index in [0.717, 1.165) is 28.1 Å². The van der Waals surface area contributed by atoms with E-state index in [2.05, 4.69) is 10.4 Å². The van der Waals surface area contributed by atoms with Crippen molar-refractivity contribution in [2.45, 2.75) is 26.8 Å². The Bertz CT molecular complexity index is 1190. The van der Waals surface area contributed by atoms with Crippen molar-refractivity contribution >= 4 is 35.5 Å². The van der Waals surface area contributed by atoms with Crippen molar-refractivity contribution in [2.75, 3.05) is 6.61 Å². The number of hydrogen-bond acceptors (Lipinski definition) is 5. The fourth-order valence-electron chi connectivity index (χ4n) is 3.25. The van der Waals surface area contributed by atoms with Gasteiger partial charge in [0, 0.05) is 22.4 Å². The number of esters is 1. The summed E-state index contributed by atoms with van der Waals surface area (Å²) >= 11 is 6.24. The summed E-state index contributed by atoms with van der Waals surface area (Å²) in [6.45, 7) is 3.69. The van der Waals surface area contributed by atoms with Crippen molar-refractivity contribution in [2.24, 2.45) is 0 Å². The van der Waals surface area contributed by atoms with Crippen LogP contribution in [-0.4, -0.2) is 34.2 Å². The summed E-state index contributed by atoms with van der Waals surface area (Å²) in [5.41, 5.74) is 4.10. The maximum absolute atomic E-state index is 12.0. The molecule has 0 atom stereocenters. The third kappa shape index (κ3) is 6.89. The number of benzene rings is 2. The van der Waals surface area contributed by atoms with Gasteiger partial charge in [-0.15, -0.1) is 0 Å². The highest BCUT2D eigenvalue weighted by atomic mass is 35.5. The smallest absolute Gasteiger partial charge is 0.331 e. The molecule has 1 heterocycles. The van der Waals surface area contributed by atoms with Crippen LogP contribution in [0.2, 0.25) is 5.02 Å². The van der Waals surface area contributed by atoms with E-state index in [0.29, 0.717) is 11.6 Å². The number of ether oxygens (including phenoxy) is 1. The summed E-state index contributed by atoms with van der Waals surface area (Å²) in [7, 11) is 0. The Hall–Kier alpha value is -3.71. The van der Waals surface area contributed by atoms with E-state index in [1.54, 1.807) is 18.2 Å². The Balaban J connectivity index is 1.52. The van der Waals surface area contributed by atoms with Gasteiger partial charge in [-0.1, -0.05) is 60.1 Å². The van der Waals surface area contributed by atoms with Crippen LogP contribution in [0.3, 0.4) is 0 Å². The number of nitrogens with one attached hydrogen (secondary N) is 1. The molecule has 1 N–H and O–H groups in total. The minimum Gasteiger partial charge on any atom is -0.452 e. The molecule has 0 bridgehead atoms. The standard InChI is InChI=1S/C25H24ClN3O4/c1-17-21(18(2)29(28-17)15-20-10-6-7-11-22(20)26)12-13-25(32)33-16-24(31)27-23(30)14-19-8-4-3-5-9-19/h3-13H,14-16H2,1-2H3,(H,27,30,31)/b13-12+. The number of hydrogen-bond donors (Lipinski definition) is 1. The summed E-state index contributed by atoms with van der Waals surface area (Å²) in [6, 6.07) is 16.6. The van der Waals surface area contributed by atoms with Crippen LogP contribution in [0.25, 0.3) is 6.08 Å². The van der Waals surface area contributed by atoms with Gasteiger partial charge < -0.3 is 4.74 Å². The maximum atomic E-state index is 12.0. The minimum atomic E-state index is -0.696. The quantitative estimate of drug-likeness (QED) is 0.405. The average molecular weight is 466 g/mol. The molecule has 0 fully saturated rings. The minimum absolute atomic E-state index is 0.0666. The van der Waals surface area contributed by atoms with Crippen LogP contribution in [0.4, 0.5) is 0 Å². The number of carbonyl (C=O) groups excluding carboxylic acids is 3. The molecule has 0 saturated carbocycles. The van der Waals surface area contributed by atoms with Gasteiger partial charge >= 0.3 is 5.97 Å². The van der Waals surface area contributed by atoms with Gasteiger partial charge in [0.2, 0.25) is 5.91 Å². The number of nitrogens with zero attached hydrogens (tertiary/aromatic N) is 2. The van der Waals surface area contributed by atoms with E-state index >= 15 is 0 Å². The monoisotopic (exact) mass is 465 g/mol. The molecule has 0 spiro atoms.